The second-order valence-electron chi connectivity index (χ2n) is 4.02. The van der Waals surface area contributed by atoms with Gasteiger partial charge in [0.05, 0.1) is 14.9 Å². The van der Waals surface area contributed by atoms with Crippen LogP contribution in [0.2, 0.25) is 0 Å². The zero-order valence-corrected chi connectivity index (χ0v) is 11.6. The summed E-state index contributed by atoms with van der Waals surface area (Å²) in [6.07, 6.45) is -4.94. The van der Waals surface area contributed by atoms with Crippen LogP contribution >= 0.6 is 0 Å². The lowest BCUT2D eigenvalue weighted by molar-refractivity contribution is -0.453. The molecule has 1 N–H and O–H groups in total. The molecule has 0 radical (unpaired) electrons. The smallest absolute Gasteiger partial charge is 0.487 e. The summed E-state index contributed by atoms with van der Waals surface area (Å²) in [7, 11) is 0. The molecule has 2 aromatic heterocycles. The molecule has 26 heavy (non-hydrogen) atoms. The first-order valence-electron chi connectivity index (χ1n) is 5.79. The monoisotopic (exact) mass is 381 g/mol. The van der Waals surface area contributed by atoms with Crippen molar-refractivity contribution in [3.63, 3.8) is 0 Å². The summed E-state index contributed by atoms with van der Waals surface area (Å²) in [4.78, 5) is 29.2. The first-order chi connectivity index (χ1) is 12.0. The molecule has 0 aliphatic heterocycles. The Morgan fingerprint density at radius 1 is 1.19 bits per heavy atom. The van der Waals surface area contributed by atoms with Crippen molar-refractivity contribution in [2.45, 2.75) is 6.18 Å². The Kier molecular flexibility index (Phi) is 4.45. The van der Waals surface area contributed by atoms with E-state index in [2.05, 4.69) is 25.3 Å². The Labute approximate surface area is 136 Å². The van der Waals surface area contributed by atoms with E-state index in [4.69, 9.17) is 0 Å². The maximum Gasteiger partial charge on any atom is 0.487 e. The molecule has 0 aliphatic rings. The average molecular weight is 381 g/mol. The summed E-state index contributed by atoms with van der Waals surface area (Å²) in [5.41, 5.74) is -1.11. The van der Waals surface area contributed by atoms with E-state index in [-0.39, 0.29) is 4.79 Å². The lowest BCUT2D eigenvalue weighted by Gasteiger charge is -2.05. The first kappa shape index (κ1) is 18.2. The number of rotatable bonds is 5. The Bertz CT molecular complexity index is 884. The third-order valence-corrected chi connectivity index (χ3v) is 2.35. The van der Waals surface area contributed by atoms with Gasteiger partial charge in [0.25, 0.3) is 5.82 Å². The molecule has 16 nitrogen and oxygen atoms in total. The fourth-order valence-corrected chi connectivity index (χ4v) is 1.34. The van der Waals surface area contributed by atoms with Crippen molar-refractivity contribution in [3.8, 4) is 0 Å². The lowest BCUT2D eigenvalue weighted by Crippen LogP contribution is -2.30. The maximum absolute atomic E-state index is 12.2. The lowest BCUT2D eigenvalue weighted by atomic mass is 10.5. The van der Waals surface area contributed by atoms with Gasteiger partial charge in [0.1, 0.15) is 5.16 Å². The van der Waals surface area contributed by atoms with Crippen molar-refractivity contribution < 1.29 is 37.3 Å². The summed E-state index contributed by atoms with van der Waals surface area (Å²) in [6, 6.07) is 0. The number of nitrogens with zero attached hydrogens (tertiary/aromatic N) is 8. The van der Waals surface area contributed by atoms with Crippen LogP contribution in [-0.2, 0) is 4.79 Å². The Hall–Kier alpha value is -4.19. The number of hydrogen-bond acceptors (Lipinski definition) is 11. The van der Waals surface area contributed by atoms with Crippen LogP contribution in [0.1, 0.15) is 0 Å². The number of nitrogens with one attached hydrogen (secondary N) is 1. The van der Waals surface area contributed by atoms with Gasteiger partial charge in [0.15, 0.2) is 5.10 Å². The summed E-state index contributed by atoms with van der Waals surface area (Å²) >= 11 is 0. The summed E-state index contributed by atoms with van der Waals surface area (Å²) < 4.78 is 40.5. The Morgan fingerprint density at radius 3 is 2.35 bits per heavy atom. The van der Waals surface area contributed by atoms with Crippen LogP contribution in [0.15, 0.2) is 16.0 Å². The largest absolute Gasteiger partial charge is 0.721 e. The molecular formula is C7H2F3N9O7. The number of halogens is 3. The molecule has 0 spiro atoms. The van der Waals surface area contributed by atoms with Crippen molar-refractivity contribution in [1.29, 1.82) is 0 Å². The van der Waals surface area contributed by atoms with E-state index in [1.807, 2.05) is 0 Å². The van der Waals surface area contributed by atoms with E-state index in [0.29, 0.717) is 6.20 Å². The first-order valence-corrected chi connectivity index (χ1v) is 5.79. The van der Waals surface area contributed by atoms with Gasteiger partial charge in [-0.2, -0.15) is 17.8 Å². The molecule has 0 bridgehead atoms. The number of anilines is 1. The van der Waals surface area contributed by atoms with Crippen molar-refractivity contribution in [2.24, 2.45) is 5.22 Å². The second kappa shape index (κ2) is 6.37. The molecular weight excluding hydrogens is 379 g/mol. The van der Waals surface area contributed by atoms with Crippen molar-refractivity contribution in [2.75, 3.05) is 5.32 Å². The highest BCUT2D eigenvalue weighted by molar-refractivity contribution is 5.95. The van der Waals surface area contributed by atoms with E-state index >= 15 is 0 Å². The van der Waals surface area contributed by atoms with E-state index in [1.54, 1.807) is 0 Å². The number of hydrogen-bond donors (Lipinski definition) is 1. The number of aromatic nitrogens is 4. The molecule has 0 saturated heterocycles. The molecule has 19 heteroatoms. The minimum Gasteiger partial charge on any atom is -0.721 e. The molecule has 2 heterocycles. The molecule has 0 aromatic carbocycles. The van der Waals surface area contributed by atoms with Gasteiger partial charge in [-0.15, -0.1) is 4.86 Å². The maximum atomic E-state index is 12.2. The van der Waals surface area contributed by atoms with Crippen LogP contribution in [0.3, 0.4) is 0 Å². The highest BCUT2D eigenvalue weighted by Crippen LogP contribution is 2.26. The minimum absolute atomic E-state index is 0.0906. The number of nitro groups is 2. The fraction of sp³-hybridized carbons (Fsp3) is 0.143. The highest BCUT2D eigenvalue weighted by atomic mass is 19.4. The van der Waals surface area contributed by atoms with Crippen LogP contribution in [0.5, 0.6) is 0 Å². The minimum atomic E-state index is -5.32. The summed E-state index contributed by atoms with van der Waals surface area (Å²) in [6.45, 7) is 0. The zero-order valence-electron chi connectivity index (χ0n) is 11.6. The average Bonchev–Trinajstić information content (AvgIpc) is 3.12. The number of amides is 1. The predicted molar refractivity (Wildman–Crippen MR) is 65.6 cm³/mol. The summed E-state index contributed by atoms with van der Waals surface area (Å²) in [5.74, 6) is -5.94. The Morgan fingerprint density at radius 2 is 1.85 bits per heavy atom. The highest BCUT2D eigenvalue weighted by Gasteiger charge is 2.40. The predicted octanol–water partition coefficient (Wildman–Crippen LogP) is 0.641. The van der Waals surface area contributed by atoms with Crippen molar-refractivity contribution in [3.05, 3.63) is 31.6 Å². The molecule has 0 atom stereocenters. The molecule has 1 amide bonds. The van der Waals surface area contributed by atoms with Crippen molar-refractivity contribution in [1.82, 2.24) is 20.2 Å². The number of alkyl halides is 3. The molecule has 2 rings (SSSR count). The Balaban J connectivity index is 2.36. The van der Waals surface area contributed by atoms with Crippen LogP contribution in [0, 0.1) is 25.4 Å². The van der Waals surface area contributed by atoms with Gasteiger partial charge in [-0.25, -0.2) is 0 Å². The second-order valence-corrected chi connectivity index (χ2v) is 4.02. The van der Waals surface area contributed by atoms with Gasteiger partial charge in [0, 0.05) is 0 Å². The van der Waals surface area contributed by atoms with Crippen molar-refractivity contribution >= 4 is 29.0 Å². The summed E-state index contributed by atoms with van der Waals surface area (Å²) in [5, 5.41) is 45.9. The van der Waals surface area contributed by atoms with Gasteiger partial charge in [-0.05, 0) is 10.1 Å². The van der Waals surface area contributed by atoms with Gasteiger partial charge in [0.2, 0.25) is 6.20 Å². The van der Waals surface area contributed by atoms with E-state index in [9.17, 15) is 43.4 Å². The normalized spacial score (nSPS) is 12.0. The third kappa shape index (κ3) is 3.65. The van der Waals surface area contributed by atoms with Crippen LogP contribution in [0.25, 0.3) is 0 Å². The van der Waals surface area contributed by atoms with Crippen LogP contribution < -0.4 is 5.32 Å². The number of carbonyl (C=O) groups is 1. The molecule has 2 aromatic rings. The molecule has 0 fully saturated rings. The molecule has 0 aliphatic carbocycles. The molecule has 138 valence electrons. The number of carbonyl (C=O) groups excluding carboxylic acids is 1. The molecule has 0 saturated carbocycles. The third-order valence-electron chi connectivity index (χ3n) is 2.35. The topological polar surface area (TPSA) is 211 Å². The van der Waals surface area contributed by atoms with Gasteiger partial charge in [-0.3, -0.25) is 20.2 Å². The van der Waals surface area contributed by atoms with Crippen LogP contribution in [0.4, 0.5) is 36.3 Å². The van der Waals surface area contributed by atoms with E-state index in [1.165, 1.54) is 5.32 Å². The molecule has 0 unspecified atom stereocenters. The SMILES string of the molecule is O=C(Nc1nonc1[N+]([O-])=Nn1cc([N+](=O)[O-])c([N+](=O)[O-])n1)C(F)(F)F. The quantitative estimate of drug-likeness (QED) is 0.330. The van der Waals surface area contributed by atoms with E-state index < -0.39 is 49.9 Å². The van der Waals surface area contributed by atoms with E-state index in [0.717, 1.165) is 0 Å². The van der Waals surface area contributed by atoms with Gasteiger partial charge < -0.3 is 15.3 Å². The van der Waals surface area contributed by atoms with Gasteiger partial charge in [-0.1, -0.05) is 0 Å². The van der Waals surface area contributed by atoms with Crippen LogP contribution in [-0.4, -0.2) is 47.0 Å². The van der Waals surface area contributed by atoms with Gasteiger partial charge >= 0.3 is 29.4 Å². The fourth-order valence-electron chi connectivity index (χ4n) is 1.34. The zero-order chi connectivity index (χ0) is 19.6. The standard InChI is InChI=1S/C7H2F3N9O7/c8-7(9,10)6(20)11-3-5(14-26-13-3)17(21)15-16-1-2(18(22)23)4(12-16)19(24)25/h1H,(H,11,13,20).